The fourth-order valence-corrected chi connectivity index (χ4v) is 3.51. The van der Waals surface area contributed by atoms with Crippen LogP contribution in [-0.4, -0.2) is 30.0 Å². The van der Waals surface area contributed by atoms with Crippen LogP contribution in [0.2, 0.25) is 0 Å². The van der Waals surface area contributed by atoms with E-state index in [1.807, 2.05) is 44.1 Å². The second-order valence-electron chi connectivity index (χ2n) is 5.74. The van der Waals surface area contributed by atoms with E-state index in [0.29, 0.717) is 22.3 Å². The Morgan fingerprint density at radius 2 is 2.12 bits per heavy atom. The highest BCUT2D eigenvalue weighted by Crippen LogP contribution is 2.21. The van der Waals surface area contributed by atoms with Crippen LogP contribution in [-0.2, 0) is 6.54 Å². The Balaban J connectivity index is 1.74. The van der Waals surface area contributed by atoms with E-state index in [-0.39, 0.29) is 11.5 Å². The van der Waals surface area contributed by atoms with Gasteiger partial charge in [0.25, 0.3) is 11.5 Å². The number of nitrogens with one attached hydrogen (secondary N) is 2. The van der Waals surface area contributed by atoms with Gasteiger partial charge in [0.1, 0.15) is 4.83 Å². The number of hydrogen-bond acceptors (Lipinski definition) is 5. The molecule has 0 saturated carbocycles. The number of aromatic amines is 1. The standard InChI is InChI=1S/C17H18N4O2S/c1-10-6-11(4-5-14(10)21(2)3)15(22)18-8-12-7-13-16(23)19-9-20-17(13)24-12/h4-7,9H,8H2,1-3H3,(H,18,22)(H,19,20,23). The molecule has 3 aromatic rings. The predicted molar refractivity (Wildman–Crippen MR) is 96.9 cm³/mol. The van der Waals surface area contributed by atoms with E-state index in [4.69, 9.17) is 0 Å². The Kier molecular flexibility index (Phi) is 4.35. The van der Waals surface area contributed by atoms with Crippen molar-refractivity contribution in [3.05, 3.63) is 57.0 Å². The average Bonchev–Trinajstić information content (AvgIpc) is 2.96. The zero-order valence-corrected chi connectivity index (χ0v) is 14.5. The minimum absolute atomic E-state index is 0.136. The topological polar surface area (TPSA) is 78.1 Å². The lowest BCUT2D eigenvalue weighted by molar-refractivity contribution is 0.0951. The van der Waals surface area contributed by atoms with E-state index < -0.39 is 0 Å². The Hall–Kier alpha value is -2.67. The van der Waals surface area contributed by atoms with E-state index in [0.717, 1.165) is 16.1 Å². The van der Waals surface area contributed by atoms with Crippen molar-refractivity contribution in [2.75, 3.05) is 19.0 Å². The van der Waals surface area contributed by atoms with Crippen LogP contribution in [0.25, 0.3) is 10.2 Å². The van der Waals surface area contributed by atoms with Gasteiger partial charge in [-0.05, 0) is 36.8 Å². The molecule has 2 heterocycles. The van der Waals surface area contributed by atoms with Crippen molar-refractivity contribution in [2.45, 2.75) is 13.5 Å². The predicted octanol–water partition coefficient (Wildman–Crippen LogP) is 2.29. The van der Waals surface area contributed by atoms with Gasteiger partial charge in [-0.25, -0.2) is 4.98 Å². The lowest BCUT2D eigenvalue weighted by Crippen LogP contribution is -2.22. The minimum Gasteiger partial charge on any atom is -0.377 e. The number of carbonyl (C=O) groups is 1. The molecule has 0 fully saturated rings. The summed E-state index contributed by atoms with van der Waals surface area (Å²) in [6.07, 6.45) is 1.39. The first-order valence-electron chi connectivity index (χ1n) is 7.48. The van der Waals surface area contributed by atoms with Gasteiger partial charge in [-0.15, -0.1) is 11.3 Å². The van der Waals surface area contributed by atoms with E-state index >= 15 is 0 Å². The number of thiophene rings is 1. The van der Waals surface area contributed by atoms with E-state index in [9.17, 15) is 9.59 Å². The Morgan fingerprint density at radius 3 is 2.79 bits per heavy atom. The number of aromatic nitrogens is 2. The highest BCUT2D eigenvalue weighted by atomic mass is 32.1. The maximum atomic E-state index is 12.3. The number of nitrogens with zero attached hydrogens (tertiary/aromatic N) is 2. The van der Waals surface area contributed by atoms with Crippen LogP contribution in [0, 0.1) is 6.92 Å². The summed E-state index contributed by atoms with van der Waals surface area (Å²) in [6.45, 7) is 2.35. The molecule has 7 heteroatoms. The van der Waals surface area contributed by atoms with Crippen molar-refractivity contribution >= 4 is 33.1 Å². The van der Waals surface area contributed by atoms with Gasteiger partial charge >= 0.3 is 0 Å². The zero-order chi connectivity index (χ0) is 17.3. The molecule has 0 unspecified atom stereocenters. The Morgan fingerprint density at radius 1 is 1.33 bits per heavy atom. The third kappa shape index (κ3) is 3.16. The molecule has 24 heavy (non-hydrogen) atoms. The second kappa shape index (κ2) is 6.45. The molecule has 1 amide bonds. The lowest BCUT2D eigenvalue weighted by Gasteiger charge is -2.16. The monoisotopic (exact) mass is 342 g/mol. The number of carbonyl (C=O) groups excluding carboxylic acids is 1. The smallest absolute Gasteiger partial charge is 0.259 e. The molecule has 0 atom stereocenters. The summed E-state index contributed by atoms with van der Waals surface area (Å²) >= 11 is 1.41. The molecular weight excluding hydrogens is 324 g/mol. The number of amides is 1. The van der Waals surface area contributed by atoms with Crippen molar-refractivity contribution in [3.8, 4) is 0 Å². The summed E-state index contributed by atoms with van der Waals surface area (Å²) in [6, 6.07) is 7.40. The van der Waals surface area contributed by atoms with Gasteiger partial charge in [-0.3, -0.25) is 9.59 Å². The lowest BCUT2D eigenvalue weighted by atomic mass is 10.1. The molecular formula is C17H18N4O2S. The highest BCUT2D eigenvalue weighted by molar-refractivity contribution is 7.18. The van der Waals surface area contributed by atoms with Crippen LogP contribution < -0.4 is 15.8 Å². The van der Waals surface area contributed by atoms with Gasteiger partial charge in [0.15, 0.2) is 0 Å². The summed E-state index contributed by atoms with van der Waals surface area (Å²) < 4.78 is 0. The van der Waals surface area contributed by atoms with Crippen molar-refractivity contribution in [2.24, 2.45) is 0 Å². The number of H-pyrrole nitrogens is 1. The first-order valence-corrected chi connectivity index (χ1v) is 8.29. The molecule has 0 aliphatic rings. The fraction of sp³-hybridized carbons (Fsp3) is 0.235. The van der Waals surface area contributed by atoms with Crippen LogP contribution in [0.1, 0.15) is 20.8 Å². The zero-order valence-electron chi connectivity index (χ0n) is 13.7. The third-order valence-corrected chi connectivity index (χ3v) is 4.79. The third-order valence-electron chi connectivity index (χ3n) is 3.75. The first kappa shape index (κ1) is 16.2. The summed E-state index contributed by atoms with van der Waals surface area (Å²) in [5.41, 5.74) is 2.59. The largest absolute Gasteiger partial charge is 0.377 e. The minimum atomic E-state index is -0.163. The van der Waals surface area contributed by atoms with Gasteiger partial charge in [-0.2, -0.15) is 0 Å². The van der Waals surface area contributed by atoms with Crippen molar-refractivity contribution in [3.63, 3.8) is 0 Å². The molecule has 0 aliphatic heterocycles. The number of fused-ring (bicyclic) bond motifs is 1. The normalized spacial score (nSPS) is 10.8. The van der Waals surface area contributed by atoms with Crippen LogP contribution in [0.15, 0.2) is 35.4 Å². The van der Waals surface area contributed by atoms with Gasteiger partial charge < -0.3 is 15.2 Å². The van der Waals surface area contributed by atoms with Crippen LogP contribution in [0.5, 0.6) is 0 Å². The summed E-state index contributed by atoms with van der Waals surface area (Å²) in [5, 5.41) is 3.44. The molecule has 124 valence electrons. The number of rotatable bonds is 4. The molecule has 2 aromatic heterocycles. The van der Waals surface area contributed by atoms with Gasteiger partial charge in [0, 0.05) is 30.2 Å². The number of benzene rings is 1. The SMILES string of the molecule is Cc1cc(C(=O)NCc2cc3c(=O)[nH]cnc3s2)ccc1N(C)C. The number of aryl methyl sites for hydroxylation is 1. The summed E-state index contributed by atoms with van der Waals surface area (Å²) in [5.74, 6) is -0.136. The molecule has 0 saturated heterocycles. The van der Waals surface area contributed by atoms with Crippen LogP contribution in [0.4, 0.5) is 5.69 Å². The molecule has 6 nitrogen and oxygen atoms in total. The summed E-state index contributed by atoms with van der Waals surface area (Å²) in [7, 11) is 3.94. The molecule has 0 spiro atoms. The van der Waals surface area contributed by atoms with Gasteiger partial charge in [-0.1, -0.05) is 0 Å². The molecule has 1 aromatic carbocycles. The van der Waals surface area contributed by atoms with Crippen molar-refractivity contribution in [1.82, 2.24) is 15.3 Å². The van der Waals surface area contributed by atoms with E-state index in [2.05, 4.69) is 15.3 Å². The first-order chi connectivity index (χ1) is 11.5. The van der Waals surface area contributed by atoms with Gasteiger partial charge in [0.2, 0.25) is 0 Å². The molecule has 2 N–H and O–H groups in total. The molecule has 0 radical (unpaired) electrons. The Bertz CT molecular complexity index is 959. The second-order valence-corrected chi connectivity index (χ2v) is 6.86. The van der Waals surface area contributed by atoms with Crippen molar-refractivity contribution in [1.29, 1.82) is 0 Å². The van der Waals surface area contributed by atoms with E-state index in [1.54, 1.807) is 6.07 Å². The van der Waals surface area contributed by atoms with Crippen LogP contribution >= 0.6 is 11.3 Å². The fourth-order valence-electron chi connectivity index (χ4n) is 2.57. The maximum Gasteiger partial charge on any atom is 0.259 e. The summed E-state index contributed by atoms with van der Waals surface area (Å²) in [4.78, 5) is 34.3. The number of hydrogen-bond donors (Lipinski definition) is 2. The van der Waals surface area contributed by atoms with Crippen LogP contribution in [0.3, 0.4) is 0 Å². The van der Waals surface area contributed by atoms with E-state index in [1.165, 1.54) is 17.7 Å². The quantitative estimate of drug-likeness (QED) is 0.762. The average molecular weight is 342 g/mol. The maximum absolute atomic E-state index is 12.3. The van der Waals surface area contributed by atoms with Crippen molar-refractivity contribution < 1.29 is 4.79 Å². The molecule has 0 aliphatic carbocycles. The number of anilines is 1. The molecule has 3 rings (SSSR count). The molecule has 0 bridgehead atoms. The Labute approximate surface area is 143 Å². The van der Waals surface area contributed by atoms with Gasteiger partial charge in [0.05, 0.1) is 18.3 Å². The highest BCUT2D eigenvalue weighted by Gasteiger charge is 2.10.